The summed E-state index contributed by atoms with van der Waals surface area (Å²) < 4.78 is 5.06. The Morgan fingerprint density at radius 1 is 1.29 bits per heavy atom. The van der Waals surface area contributed by atoms with Gasteiger partial charge in [-0.1, -0.05) is 35.9 Å². The fraction of sp³-hybridized carbons (Fsp3) is 0.294. The number of anilines is 1. The summed E-state index contributed by atoms with van der Waals surface area (Å²) in [5, 5.41) is 3.30. The normalized spacial score (nSPS) is 11.7. The molecule has 2 rings (SSSR count). The third kappa shape index (κ3) is 4.60. The van der Waals surface area contributed by atoms with Crippen LogP contribution in [0.4, 0.5) is 5.82 Å². The van der Waals surface area contributed by atoms with Crippen molar-refractivity contribution in [2.75, 3.05) is 11.9 Å². The van der Waals surface area contributed by atoms with Gasteiger partial charge in [-0.05, 0) is 31.5 Å². The first-order valence-electron chi connectivity index (χ1n) is 7.09. The molecule has 0 spiro atoms. The standard InChI is InChI=1S/C17H20N2O2/c1-3-21-17(20)12-15(14-8-6-7-13(2)11-14)19-16-9-4-5-10-18-16/h4-11,15H,3,12H2,1-2H3,(H,18,19). The molecule has 0 aliphatic heterocycles. The van der Waals surface area contributed by atoms with E-state index < -0.39 is 0 Å². The highest BCUT2D eigenvalue weighted by Gasteiger charge is 2.17. The number of pyridine rings is 1. The largest absolute Gasteiger partial charge is 0.466 e. The van der Waals surface area contributed by atoms with Gasteiger partial charge in [-0.3, -0.25) is 4.79 Å². The number of carbonyl (C=O) groups is 1. The van der Waals surface area contributed by atoms with Gasteiger partial charge in [0, 0.05) is 6.20 Å². The summed E-state index contributed by atoms with van der Waals surface area (Å²) in [5.41, 5.74) is 2.21. The molecule has 1 heterocycles. The van der Waals surface area contributed by atoms with Crippen LogP contribution in [0.3, 0.4) is 0 Å². The number of carbonyl (C=O) groups excluding carboxylic acids is 1. The Kier molecular flexibility index (Phi) is 5.32. The predicted octanol–water partition coefficient (Wildman–Crippen LogP) is 3.50. The summed E-state index contributed by atoms with van der Waals surface area (Å²) in [6, 6.07) is 13.6. The average Bonchev–Trinajstić information content (AvgIpc) is 2.48. The highest BCUT2D eigenvalue weighted by molar-refractivity contribution is 5.71. The van der Waals surface area contributed by atoms with Gasteiger partial charge < -0.3 is 10.1 Å². The van der Waals surface area contributed by atoms with E-state index in [-0.39, 0.29) is 18.4 Å². The number of nitrogens with one attached hydrogen (secondary N) is 1. The van der Waals surface area contributed by atoms with Crippen molar-refractivity contribution in [1.82, 2.24) is 4.98 Å². The Morgan fingerprint density at radius 2 is 2.14 bits per heavy atom. The van der Waals surface area contributed by atoms with Crippen LogP contribution in [0.25, 0.3) is 0 Å². The fourth-order valence-electron chi connectivity index (χ4n) is 2.15. The molecule has 0 saturated carbocycles. The summed E-state index contributed by atoms with van der Waals surface area (Å²) in [7, 11) is 0. The van der Waals surface area contributed by atoms with Gasteiger partial charge >= 0.3 is 5.97 Å². The number of esters is 1. The molecule has 1 atom stereocenters. The third-order valence-electron chi connectivity index (χ3n) is 3.11. The summed E-state index contributed by atoms with van der Waals surface area (Å²) in [6.07, 6.45) is 1.99. The van der Waals surface area contributed by atoms with Crippen LogP contribution in [-0.4, -0.2) is 17.6 Å². The molecule has 0 saturated heterocycles. The number of aryl methyl sites for hydroxylation is 1. The first-order chi connectivity index (χ1) is 10.2. The maximum atomic E-state index is 11.8. The highest BCUT2D eigenvalue weighted by Crippen LogP contribution is 2.23. The molecule has 0 aliphatic rings. The number of hydrogen-bond acceptors (Lipinski definition) is 4. The topological polar surface area (TPSA) is 51.2 Å². The monoisotopic (exact) mass is 284 g/mol. The van der Waals surface area contributed by atoms with Crippen molar-refractivity contribution in [3.63, 3.8) is 0 Å². The second-order valence-corrected chi connectivity index (χ2v) is 4.84. The quantitative estimate of drug-likeness (QED) is 0.825. The molecular weight excluding hydrogens is 264 g/mol. The van der Waals surface area contributed by atoms with Crippen molar-refractivity contribution in [3.05, 3.63) is 59.8 Å². The van der Waals surface area contributed by atoms with E-state index in [4.69, 9.17) is 4.74 Å². The zero-order valence-corrected chi connectivity index (χ0v) is 12.4. The van der Waals surface area contributed by atoms with Gasteiger partial charge in [-0.15, -0.1) is 0 Å². The van der Waals surface area contributed by atoms with E-state index in [0.29, 0.717) is 6.61 Å². The van der Waals surface area contributed by atoms with Crippen LogP contribution in [-0.2, 0) is 9.53 Å². The van der Waals surface area contributed by atoms with Crippen molar-refractivity contribution in [1.29, 1.82) is 0 Å². The van der Waals surface area contributed by atoms with Crippen LogP contribution in [0.15, 0.2) is 48.7 Å². The van der Waals surface area contributed by atoms with Crippen LogP contribution in [0.5, 0.6) is 0 Å². The van der Waals surface area contributed by atoms with E-state index in [1.54, 1.807) is 6.20 Å². The molecule has 2 aromatic rings. The minimum atomic E-state index is -0.215. The molecule has 1 unspecified atom stereocenters. The molecule has 0 bridgehead atoms. The molecular formula is C17H20N2O2. The van der Waals surface area contributed by atoms with Crippen LogP contribution in [0.2, 0.25) is 0 Å². The Morgan fingerprint density at radius 3 is 2.81 bits per heavy atom. The highest BCUT2D eigenvalue weighted by atomic mass is 16.5. The first kappa shape index (κ1) is 15.0. The van der Waals surface area contributed by atoms with Crippen molar-refractivity contribution in [2.45, 2.75) is 26.3 Å². The third-order valence-corrected chi connectivity index (χ3v) is 3.11. The predicted molar refractivity (Wildman–Crippen MR) is 83.0 cm³/mol. The Hall–Kier alpha value is -2.36. The van der Waals surface area contributed by atoms with E-state index in [1.165, 1.54) is 0 Å². The van der Waals surface area contributed by atoms with Crippen LogP contribution >= 0.6 is 0 Å². The second kappa shape index (κ2) is 7.43. The number of benzene rings is 1. The van der Waals surface area contributed by atoms with E-state index in [0.717, 1.165) is 16.9 Å². The zero-order valence-electron chi connectivity index (χ0n) is 12.4. The lowest BCUT2D eigenvalue weighted by molar-refractivity contribution is -0.143. The van der Waals surface area contributed by atoms with E-state index >= 15 is 0 Å². The fourth-order valence-corrected chi connectivity index (χ4v) is 2.15. The summed E-state index contributed by atoms with van der Waals surface area (Å²) >= 11 is 0. The molecule has 1 N–H and O–H groups in total. The molecule has 21 heavy (non-hydrogen) atoms. The maximum absolute atomic E-state index is 11.8. The van der Waals surface area contributed by atoms with Gasteiger partial charge in [0.2, 0.25) is 0 Å². The Labute approximate surface area is 125 Å². The summed E-state index contributed by atoms with van der Waals surface area (Å²) in [5.74, 6) is 0.528. The van der Waals surface area contributed by atoms with Gasteiger partial charge in [-0.25, -0.2) is 4.98 Å². The van der Waals surface area contributed by atoms with Gasteiger partial charge in [0.25, 0.3) is 0 Å². The van der Waals surface area contributed by atoms with Crippen molar-refractivity contribution < 1.29 is 9.53 Å². The van der Waals surface area contributed by atoms with E-state index in [1.807, 2.05) is 50.2 Å². The molecule has 0 aliphatic carbocycles. The maximum Gasteiger partial charge on any atom is 0.308 e. The van der Waals surface area contributed by atoms with E-state index in [2.05, 4.69) is 16.4 Å². The number of nitrogens with zero attached hydrogens (tertiary/aromatic N) is 1. The Bertz CT molecular complexity index is 584. The lowest BCUT2D eigenvalue weighted by atomic mass is 10.0. The lowest BCUT2D eigenvalue weighted by Gasteiger charge is -2.19. The number of rotatable bonds is 6. The van der Waals surface area contributed by atoms with Gasteiger partial charge in [-0.2, -0.15) is 0 Å². The molecule has 4 heteroatoms. The Balaban J connectivity index is 2.19. The van der Waals surface area contributed by atoms with Crippen LogP contribution in [0, 0.1) is 6.92 Å². The molecule has 110 valence electrons. The molecule has 0 fully saturated rings. The van der Waals surface area contributed by atoms with Crippen molar-refractivity contribution in [3.8, 4) is 0 Å². The van der Waals surface area contributed by atoms with Crippen LogP contribution in [0.1, 0.15) is 30.5 Å². The first-order valence-corrected chi connectivity index (χ1v) is 7.09. The second-order valence-electron chi connectivity index (χ2n) is 4.84. The molecule has 1 aromatic carbocycles. The summed E-state index contributed by atoms with van der Waals surface area (Å²) in [4.78, 5) is 16.1. The van der Waals surface area contributed by atoms with Gasteiger partial charge in [0.05, 0.1) is 19.1 Å². The minimum Gasteiger partial charge on any atom is -0.466 e. The van der Waals surface area contributed by atoms with E-state index in [9.17, 15) is 4.79 Å². The zero-order chi connectivity index (χ0) is 15.1. The molecule has 0 radical (unpaired) electrons. The molecule has 4 nitrogen and oxygen atoms in total. The molecule has 1 aromatic heterocycles. The van der Waals surface area contributed by atoms with Gasteiger partial charge in [0.1, 0.15) is 5.82 Å². The number of ether oxygens (including phenoxy) is 1. The number of hydrogen-bond donors (Lipinski definition) is 1. The van der Waals surface area contributed by atoms with Crippen LogP contribution < -0.4 is 5.32 Å². The minimum absolute atomic E-state index is 0.154. The SMILES string of the molecule is CCOC(=O)CC(Nc1ccccn1)c1cccc(C)c1. The average molecular weight is 284 g/mol. The number of aromatic nitrogens is 1. The van der Waals surface area contributed by atoms with Crippen molar-refractivity contribution in [2.24, 2.45) is 0 Å². The van der Waals surface area contributed by atoms with Gasteiger partial charge in [0.15, 0.2) is 0 Å². The van der Waals surface area contributed by atoms with Crippen molar-refractivity contribution >= 4 is 11.8 Å². The summed E-state index contributed by atoms with van der Waals surface area (Å²) in [6.45, 7) is 4.24. The molecule has 0 amide bonds. The lowest BCUT2D eigenvalue weighted by Crippen LogP contribution is -2.18. The smallest absolute Gasteiger partial charge is 0.308 e.